The average Bonchev–Trinajstić information content (AvgIpc) is 3.00. The molecule has 0 fully saturated rings. The maximum absolute atomic E-state index is 12.8. The first-order chi connectivity index (χ1) is 11.3. The van der Waals surface area contributed by atoms with Crippen molar-refractivity contribution >= 4 is 22.7 Å². The first-order valence-corrected chi connectivity index (χ1v) is 7.98. The first-order valence-electron chi connectivity index (χ1n) is 7.98. The van der Waals surface area contributed by atoms with Crippen LogP contribution in [0.15, 0.2) is 46.9 Å². The lowest BCUT2D eigenvalue weighted by atomic mass is 10.1. The lowest BCUT2D eigenvalue weighted by Gasteiger charge is -2.11. The molecular weight excluding hydrogens is 300 g/mol. The molecule has 0 spiro atoms. The van der Waals surface area contributed by atoms with E-state index in [9.17, 15) is 4.79 Å². The standard InChI is InChI=1S/C20H22N2O2/c1-12(2)11-22-17-9-15(5)24-19(17)10-18(22)20(23)21-16-7-6-13(3)14(4)8-16/h6-10H,1,11H2,2-5H3,(H,21,23). The molecule has 0 saturated carbocycles. The Hall–Kier alpha value is -2.75. The molecule has 0 saturated heterocycles. The molecule has 0 bridgehead atoms. The number of aryl methyl sites for hydroxylation is 3. The number of furan rings is 1. The van der Waals surface area contributed by atoms with Crippen LogP contribution in [0.2, 0.25) is 0 Å². The largest absolute Gasteiger partial charge is 0.460 e. The van der Waals surface area contributed by atoms with Crippen LogP contribution in [0, 0.1) is 20.8 Å². The Morgan fingerprint density at radius 2 is 1.92 bits per heavy atom. The van der Waals surface area contributed by atoms with Crippen LogP contribution in [0.3, 0.4) is 0 Å². The zero-order valence-electron chi connectivity index (χ0n) is 14.6. The molecule has 2 heterocycles. The molecule has 3 rings (SSSR count). The van der Waals surface area contributed by atoms with Crippen LogP contribution >= 0.6 is 0 Å². The van der Waals surface area contributed by atoms with Crippen LogP contribution in [0.1, 0.15) is 34.3 Å². The van der Waals surface area contributed by atoms with Crippen molar-refractivity contribution in [2.24, 2.45) is 0 Å². The SMILES string of the molecule is C=C(C)Cn1c(C(=O)Nc2ccc(C)c(C)c2)cc2oc(C)cc21. The predicted molar refractivity (Wildman–Crippen MR) is 97.6 cm³/mol. The minimum atomic E-state index is -0.149. The van der Waals surface area contributed by atoms with Crippen molar-refractivity contribution in [3.63, 3.8) is 0 Å². The van der Waals surface area contributed by atoms with Crippen LogP contribution in [-0.4, -0.2) is 10.5 Å². The number of aromatic nitrogens is 1. The van der Waals surface area contributed by atoms with Gasteiger partial charge in [-0.1, -0.05) is 18.2 Å². The van der Waals surface area contributed by atoms with Gasteiger partial charge < -0.3 is 14.3 Å². The summed E-state index contributed by atoms with van der Waals surface area (Å²) in [5.74, 6) is 0.681. The summed E-state index contributed by atoms with van der Waals surface area (Å²) in [6, 6.07) is 9.65. The number of hydrogen-bond acceptors (Lipinski definition) is 2. The highest BCUT2D eigenvalue weighted by atomic mass is 16.3. The highest BCUT2D eigenvalue weighted by molar-refractivity contribution is 6.06. The van der Waals surface area contributed by atoms with E-state index in [2.05, 4.69) is 18.8 Å². The Balaban J connectivity index is 1.97. The second-order valence-corrected chi connectivity index (χ2v) is 6.43. The second kappa shape index (κ2) is 6.04. The van der Waals surface area contributed by atoms with Crippen LogP contribution in [0.5, 0.6) is 0 Å². The third kappa shape index (κ3) is 3.00. The van der Waals surface area contributed by atoms with Gasteiger partial charge in [0.15, 0.2) is 5.58 Å². The second-order valence-electron chi connectivity index (χ2n) is 6.43. The Labute approximate surface area is 141 Å². The van der Waals surface area contributed by atoms with Gasteiger partial charge in [0.1, 0.15) is 11.5 Å². The highest BCUT2D eigenvalue weighted by Crippen LogP contribution is 2.25. The van der Waals surface area contributed by atoms with Gasteiger partial charge in [-0.05, 0) is 51.0 Å². The maximum Gasteiger partial charge on any atom is 0.272 e. The summed E-state index contributed by atoms with van der Waals surface area (Å²) in [6.07, 6.45) is 0. The minimum Gasteiger partial charge on any atom is -0.460 e. The van der Waals surface area contributed by atoms with E-state index in [1.807, 2.05) is 49.6 Å². The number of carbonyl (C=O) groups is 1. The lowest BCUT2D eigenvalue weighted by molar-refractivity contribution is 0.101. The molecule has 24 heavy (non-hydrogen) atoms. The molecule has 4 heteroatoms. The molecule has 4 nitrogen and oxygen atoms in total. The number of fused-ring (bicyclic) bond motifs is 1. The fourth-order valence-electron chi connectivity index (χ4n) is 2.81. The van der Waals surface area contributed by atoms with E-state index in [4.69, 9.17) is 4.42 Å². The van der Waals surface area contributed by atoms with Crippen molar-refractivity contribution in [1.29, 1.82) is 0 Å². The number of carbonyl (C=O) groups excluding carboxylic acids is 1. The van der Waals surface area contributed by atoms with E-state index in [0.29, 0.717) is 12.2 Å². The van der Waals surface area contributed by atoms with Crippen molar-refractivity contribution in [2.45, 2.75) is 34.2 Å². The minimum absolute atomic E-state index is 0.149. The third-order valence-electron chi connectivity index (χ3n) is 4.14. The molecule has 0 aliphatic carbocycles. The van der Waals surface area contributed by atoms with E-state index < -0.39 is 0 Å². The van der Waals surface area contributed by atoms with Crippen molar-refractivity contribution in [1.82, 2.24) is 4.57 Å². The van der Waals surface area contributed by atoms with E-state index in [0.717, 1.165) is 33.7 Å². The Kier molecular flexibility index (Phi) is 4.06. The predicted octanol–water partition coefficient (Wildman–Crippen LogP) is 4.99. The van der Waals surface area contributed by atoms with Gasteiger partial charge in [-0.15, -0.1) is 0 Å². The van der Waals surface area contributed by atoms with E-state index in [1.54, 1.807) is 6.07 Å². The zero-order chi connectivity index (χ0) is 17.4. The summed E-state index contributed by atoms with van der Waals surface area (Å²) < 4.78 is 7.62. The van der Waals surface area contributed by atoms with Crippen LogP contribution in [0.25, 0.3) is 11.1 Å². The van der Waals surface area contributed by atoms with E-state index in [-0.39, 0.29) is 5.91 Å². The number of rotatable bonds is 4. The van der Waals surface area contributed by atoms with Gasteiger partial charge in [0.2, 0.25) is 0 Å². The van der Waals surface area contributed by atoms with Crippen LogP contribution < -0.4 is 5.32 Å². The molecule has 0 radical (unpaired) electrons. The topological polar surface area (TPSA) is 47.2 Å². The summed E-state index contributed by atoms with van der Waals surface area (Å²) in [5, 5.41) is 2.97. The zero-order valence-corrected chi connectivity index (χ0v) is 14.6. The number of amides is 1. The number of anilines is 1. The average molecular weight is 322 g/mol. The van der Waals surface area contributed by atoms with Crippen molar-refractivity contribution < 1.29 is 9.21 Å². The normalized spacial score (nSPS) is 11.0. The number of allylic oxidation sites excluding steroid dienone is 1. The summed E-state index contributed by atoms with van der Waals surface area (Å²) >= 11 is 0. The summed E-state index contributed by atoms with van der Waals surface area (Å²) in [4.78, 5) is 12.8. The molecule has 2 aromatic heterocycles. The molecule has 3 aromatic rings. The molecule has 0 atom stereocenters. The number of nitrogens with one attached hydrogen (secondary N) is 1. The molecule has 0 unspecified atom stereocenters. The quantitative estimate of drug-likeness (QED) is 0.688. The lowest BCUT2D eigenvalue weighted by Crippen LogP contribution is -2.17. The van der Waals surface area contributed by atoms with Crippen LogP contribution in [0.4, 0.5) is 5.69 Å². The summed E-state index contributed by atoms with van der Waals surface area (Å²) in [5.41, 5.74) is 6.33. The Morgan fingerprint density at radius 1 is 1.17 bits per heavy atom. The summed E-state index contributed by atoms with van der Waals surface area (Å²) in [6.45, 7) is 12.5. The Bertz CT molecular complexity index is 944. The number of benzene rings is 1. The van der Waals surface area contributed by atoms with E-state index >= 15 is 0 Å². The van der Waals surface area contributed by atoms with Crippen molar-refractivity contribution in [3.05, 3.63) is 65.1 Å². The van der Waals surface area contributed by atoms with Gasteiger partial charge in [-0.2, -0.15) is 0 Å². The molecule has 1 N–H and O–H groups in total. The third-order valence-corrected chi connectivity index (χ3v) is 4.14. The van der Waals surface area contributed by atoms with Gasteiger partial charge in [-0.25, -0.2) is 0 Å². The smallest absolute Gasteiger partial charge is 0.272 e. The fraction of sp³-hybridized carbons (Fsp3) is 0.250. The van der Waals surface area contributed by atoms with Gasteiger partial charge in [0, 0.05) is 24.4 Å². The molecule has 0 aliphatic heterocycles. The molecule has 1 amide bonds. The van der Waals surface area contributed by atoms with Gasteiger partial charge >= 0.3 is 0 Å². The summed E-state index contributed by atoms with van der Waals surface area (Å²) in [7, 11) is 0. The van der Waals surface area contributed by atoms with Gasteiger partial charge in [0.25, 0.3) is 5.91 Å². The van der Waals surface area contributed by atoms with E-state index in [1.165, 1.54) is 5.56 Å². The number of nitrogens with zero attached hydrogens (tertiary/aromatic N) is 1. The number of hydrogen-bond donors (Lipinski definition) is 1. The molecular formula is C20H22N2O2. The maximum atomic E-state index is 12.8. The van der Waals surface area contributed by atoms with Crippen molar-refractivity contribution in [3.8, 4) is 0 Å². The first kappa shape index (κ1) is 16.1. The van der Waals surface area contributed by atoms with Gasteiger partial charge in [-0.3, -0.25) is 4.79 Å². The Morgan fingerprint density at radius 3 is 2.58 bits per heavy atom. The fourth-order valence-corrected chi connectivity index (χ4v) is 2.81. The van der Waals surface area contributed by atoms with Crippen molar-refractivity contribution in [2.75, 3.05) is 5.32 Å². The molecule has 0 aliphatic rings. The monoisotopic (exact) mass is 322 g/mol. The van der Waals surface area contributed by atoms with Gasteiger partial charge in [0.05, 0.1) is 5.52 Å². The highest BCUT2D eigenvalue weighted by Gasteiger charge is 2.18. The molecule has 1 aromatic carbocycles. The molecule has 124 valence electrons. The van der Waals surface area contributed by atoms with Crippen LogP contribution in [-0.2, 0) is 6.54 Å².